The van der Waals surface area contributed by atoms with Crippen molar-refractivity contribution in [1.29, 1.82) is 0 Å². The number of carbonyl (C=O) groups is 1. The van der Waals surface area contributed by atoms with Gasteiger partial charge in [0, 0.05) is 0 Å². The molecule has 0 atom stereocenters. The highest BCUT2D eigenvalue weighted by atomic mass is 35.5. The van der Waals surface area contributed by atoms with E-state index in [-0.39, 0.29) is 0 Å². The first-order valence-corrected chi connectivity index (χ1v) is 3.58. The van der Waals surface area contributed by atoms with Gasteiger partial charge in [-0.25, -0.2) is 0 Å². The van der Waals surface area contributed by atoms with E-state index in [1.807, 2.05) is 19.1 Å². The number of rotatable bonds is 2. The molecule has 0 aliphatic carbocycles. The summed E-state index contributed by atoms with van der Waals surface area (Å²) in [4.78, 5) is 10.1. The lowest BCUT2D eigenvalue weighted by Crippen LogP contribution is -1.94. The van der Waals surface area contributed by atoms with Crippen LogP contribution in [0.5, 0.6) is 0 Å². The van der Waals surface area contributed by atoms with Crippen LogP contribution in [0.3, 0.4) is 0 Å². The van der Waals surface area contributed by atoms with Crippen molar-refractivity contribution in [2.45, 2.75) is 6.92 Å². The van der Waals surface area contributed by atoms with E-state index >= 15 is 0 Å². The van der Waals surface area contributed by atoms with E-state index in [2.05, 4.69) is 5.32 Å². The van der Waals surface area contributed by atoms with E-state index in [1.165, 1.54) is 0 Å². The highest BCUT2D eigenvalue weighted by Gasteiger charge is 1.97. The molecule has 0 saturated heterocycles. The van der Waals surface area contributed by atoms with Gasteiger partial charge in [0.1, 0.15) is 0 Å². The molecule has 1 N–H and O–H groups in total. The van der Waals surface area contributed by atoms with Crippen molar-refractivity contribution in [2.24, 2.45) is 0 Å². The van der Waals surface area contributed by atoms with Crippen LogP contribution in [-0.4, -0.2) is 6.41 Å². The first-order valence-electron chi connectivity index (χ1n) is 3.20. The smallest absolute Gasteiger partial charge is 0.211 e. The lowest BCUT2D eigenvalue weighted by atomic mass is 10.2. The van der Waals surface area contributed by atoms with Crippen LogP contribution in [0, 0.1) is 6.92 Å². The molecule has 0 radical (unpaired) electrons. The molecule has 0 aliphatic rings. The molecule has 0 spiro atoms. The average molecular weight is 170 g/mol. The third kappa shape index (κ3) is 1.95. The van der Waals surface area contributed by atoms with Gasteiger partial charge in [-0.2, -0.15) is 0 Å². The Morgan fingerprint density at radius 3 is 2.91 bits per heavy atom. The van der Waals surface area contributed by atoms with Crippen LogP contribution in [0.15, 0.2) is 18.2 Å². The molecular weight excluding hydrogens is 162 g/mol. The van der Waals surface area contributed by atoms with Gasteiger partial charge in [-0.1, -0.05) is 17.7 Å². The van der Waals surface area contributed by atoms with Crippen molar-refractivity contribution in [1.82, 2.24) is 0 Å². The molecule has 3 heteroatoms. The van der Waals surface area contributed by atoms with E-state index < -0.39 is 0 Å². The van der Waals surface area contributed by atoms with E-state index in [4.69, 9.17) is 11.6 Å². The predicted molar refractivity (Wildman–Crippen MR) is 45.9 cm³/mol. The van der Waals surface area contributed by atoms with E-state index in [9.17, 15) is 4.79 Å². The number of nitrogens with one attached hydrogen (secondary N) is 1. The lowest BCUT2D eigenvalue weighted by molar-refractivity contribution is -0.105. The third-order valence-electron chi connectivity index (χ3n) is 1.34. The fraction of sp³-hybridized carbons (Fsp3) is 0.125. The molecule has 1 amide bonds. The molecule has 58 valence electrons. The number of aryl methyl sites for hydroxylation is 1. The molecule has 0 heterocycles. The molecular formula is C8H8ClNO. The molecule has 0 bridgehead atoms. The summed E-state index contributed by atoms with van der Waals surface area (Å²) in [5.41, 5.74) is 1.72. The van der Waals surface area contributed by atoms with Gasteiger partial charge in [-0.05, 0) is 24.6 Å². The Bertz CT molecular complexity index is 273. The molecule has 0 unspecified atom stereocenters. The first kappa shape index (κ1) is 8.08. The summed E-state index contributed by atoms with van der Waals surface area (Å²) in [6, 6.07) is 5.46. The van der Waals surface area contributed by atoms with Gasteiger partial charge in [0.2, 0.25) is 6.41 Å². The van der Waals surface area contributed by atoms with E-state index in [1.54, 1.807) is 6.07 Å². The van der Waals surface area contributed by atoms with Crippen LogP contribution in [0.25, 0.3) is 0 Å². The van der Waals surface area contributed by atoms with E-state index in [0.29, 0.717) is 17.1 Å². The maximum absolute atomic E-state index is 10.1. The molecule has 1 aromatic carbocycles. The summed E-state index contributed by atoms with van der Waals surface area (Å²) in [6.07, 6.45) is 0.612. The van der Waals surface area contributed by atoms with Gasteiger partial charge in [0.15, 0.2) is 0 Å². The van der Waals surface area contributed by atoms with Crippen LogP contribution < -0.4 is 5.32 Å². The van der Waals surface area contributed by atoms with Gasteiger partial charge < -0.3 is 5.32 Å². The Morgan fingerprint density at radius 1 is 1.55 bits per heavy atom. The fourth-order valence-electron chi connectivity index (χ4n) is 0.813. The molecule has 1 rings (SSSR count). The monoisotopic (exact) mass is 169 g/mol. The molecule has 0 aromatic heterocycles. The predicted octanol–water partition coefficient (Wildman–Crippen LogP) is 2.22. The molecule has 1 aromatic rings. The second kappa shape index (κ2) is 3.39. The summed E-state index contributed by atoms with van der Waals surface area (Å²) in [6.45, 7) is 1.94. The number of hydrogen-bond donors (Lipinski definition) is 1. The summed E-state index contributed by atoms with van der Waals surface area (Å²) in [5, 5.41) is 3.06. The normalized spacial score (nSPS) is 9.27. The molecule has 11 heavy (non-hydrogen) atoms. The quantitative estimate of drug-likeness (QED) is 0.676. The zero-order chi connectivity index (χ0) is 8.27. The Morgan fingerprint density at radius 2 is 2.27 bits per heavy atom. The number of carbonyl (C=O) groups excluding carboxylic acids is 1. The second-order valence-corrected chi connectivity index (χ2v) is 2.65. The van der Waals surface area contributed by atoms with Crippen LogP contribution in [0.4, 0.5) is 5.69 Å². The summed E-state index contributed by atoms with van der Waals surface area (Å²) in [7, 11) is 0. The van der Waals surface area contributed by atoms with Crippen LogP contribution in [-0.2, 0) is 4.79 Å². The van der Waals surface area contributed by atoms with Gasteiger partial charge in [-0.3, -0.25) is 4.79 Å². The number of halogens is 1. The van der Waals surface area contributed by atoms with Crippen LogP contribution >= 0.6 is 11.6 Å². The fourth-order valence-corrected chi connectivity index (χ4v) is 0.985. The van der Waals surface area contributed by atoms with Crippen molar-refractivity contribution >= 4 is 23.7 Å². The Kier molecular flexibility index (Phi) is 2.49. The number of amides is 1. The maximum Gasteiger partial charge on any atom is 0.211 e. The average Bonchev–Trinajstić information content (AvgIpc) is 1.98. The molecule has 0 aliphatic heterocycles. The zero-order valence-corrected chi connectivity index (χ0v) is 6.85. The topological polar surface area (TPSA) is 29.1 Å². The molecule has 2 nitrogen and oxygen atoms in total. The Labute approximate surface area is 70.2 Å². The summed E-state index contributed by atoms with van der Waals surface area (Å²) < 4.78 is 0. The molecule has 0 fully saturated rings. The first-order chi connectivity index (χ1) is 5.24. The molecule has 0 saturated carbocycles. The van der Waals surface area contributed by atoms with Crippen molar-refractivity contribution in [3.63, 3.8) is 0 Å². The minimum Gasteiger partial charge on any atom is -0.327 e. The SMILES string of the molecule is Cc1ccc(Cl)c(NC=O)c1. The lowest BCUT2D eigenvalue weighted by Gasteiger charge is -2.01. The Balaban J connectivity index is 3.01. The van der Waals surface area contributed by atoms with Crippen LogP contribution in [0.1, 0.15) is 5.56 Å². The van der Waals surface area contributed by atoms with Crippen molar-refractivity contribution < 1.29 is 4.79 Å². The van der Waals surface area contributed by atoms with Crippen molar-refractivity contribution in [3.05, 3.63) is 28.8 Å². The Hall–Kier alpha value is -1.02. The standard InChI is InChI=1S/C8H8ClNO/c1-6-2-3-7(9)8(4-6)10-5-11/h2-5H,1H3,(H,10,11). The summed E-state index contributed by atoms with van der Waals surface area (Å²) in [5.74, 6) is 0. The van der Waals surface area contributed by atoms with Crippen molar-refractivity contribution in [2.75, 3.05) is 5.32 Å². The second-order valence-electron chi connectivity index (χ2n) is 2.25. The van der Waals surface area contributed by atoms with Gasteiger partial charge in [0.25, 0.3) is 0 Å². The highest BCUT2D eigenvalue weighted by Crippen LogP contribution is 2.21. The summed E-state index contributed by atoms with van der Waals surface area (Å²) >= 11 is 5.75. The van der Waals surface area contributed by atoms with Crippen LogP contribution in [0.2, 0.25) is 5.02 Å². The van der Waals surface area contributed by atoms with Gasteiger partial charge in [0.05, 0.1) is 10.7 Å². The highest BCUT2D eigenvalue weighted by molar-refractivity contribution is 6.33. The van der Waals surface area contributed by atoms with Crippen molar-refractivity contribution in [3.8, 4) is 0 Å². The maximum atomic E-state index is 10.1. The van der Waals surface area contributed by atoms with Gasteiger partial charge >= 0.3 is 0 Å². The zero-order valence-electron chi connectivity index (χ0n) is 6.10. The number of anilines is 1. The number of hydrogen-bond acceptors (Lipinski definition) is 1. The minimum absolute atomic E-state index is 0.558. The largest absolute Gasteiger partial charge is 0.327 e. The minimum atomic E-state index is 0.558. The van der Waals surface area contributed by atoms with E-state index in [0.717, 1.165) is 5.56 Å². The third-order valence-corrected chi connectivity index (χ3v) is 1.67. The van der Waals surface area contributed by atoms with Gasteiger partial charge in [-0.15, -0.1) is 0 Å². The number of benzene rings is 1.